The van der Waals surface area contributed by atoms with E-state index in [1.54, 1.807) is 11.3 Å². The number of benzene rings is 6. The van der Waals surface area contributed by atoms with E-state index >= 15 is 0 Å². The van der Waals surface area contributed by atoms with Crippen molar-refractivity contribution in [2.24, 2.45) is 0 Å². The number of hydrogen-bond donors (Lipinski definition) is 0. The van der Waals surface area contributed by atoms with E-state index < -0.39 is 0 Å². The maximum absolute atomic E-state index is 6.65. The van der Waals surface area contributed by atoms with Gasteiger partial charge in [0.25, 0.3) is 0 Å². The second kappa shape index (κ2) is 8.51. The Morgan fingerprint density at radius 3 is 2.21 bits per heavy atom. The molecule has 1 aliphatic heterocycles. The maximum Gasteiger partial charge on any atom is 0.235 e. The van der Waals surface area contributed by atoms with Crippen LogP contribution in [0.2, 0.25) is 0 Å². The van der Waals surface area contributed by atoms with Crippen LogP contribution in [0.3, 0.4) is 0 Å². The van der Waals surface area contributed by atoms with Crippen LogP contribution in [0.15, 0.2) is 127 Å². The summed E-state index contributed by atoms with van der Waals surface area (Å²) in [7, 11) is 0. The SMILES string of the molecule is c1ccc(-c2cc3c4c5c6c(cccc6ccc5n(-c5nc(-c6ccccc6)c6sc7ccccc7c6n5)c4c2)O3)cc1. The molecule has 1 aliphatic rings. The smallest absolute Gasteiger partial charge is 0.235 e. The molecule has 0 fully saturated rings. The van der Waals surface area contributed by atoms with Crippen molar-refractivity contribution in [3.63, 3.8) is 0 Å². The van der Waals surface area contributed by atoms with E-state index in [4.69, 9.17) is 14.7 Å². The monoisotopic (exact) mass is 567 g/mol. The fourth-order valence-corrected chi connectivity index (χ4v) is 7.85. The van der Waals surface area contributed by atoms with Gasteiger partial charge < -0.3 is 4.74 Å². The first-order chi connectivity index (χ1) is 21.3. The summed E-state index contributed by atoms with van der Waals surface area (Å²) in [6.07, 6.45) is 0. The van der Waals surface area contributed by atoms with Crippen LogP contribution in [-0.4, -0.2) is 14.5 Å². The summed E-state index contributed by atoms with van der Waals surface area (Å²) in [6, 6.07) is 44.6. The van der Waals surface area contributed by atoms with Crippen LogP contribution in [0.25, 0.3) is 81.2 Å². The molecule has 0 saturated carbocycles. The third kappa shape index (κ3) is 3.20. The molecule has 6 aromatic carbocycles. The van der Waals surface area contributed by atoms with Crippen LogP contribution in [-0.2, 0) is 0 Å². The Morgan fingerprint density at radius 1 is 0.558 bits per heavy atom. The molecule has 0 saturated heterocycles. The minimum atomic E-state index is 0.657. The summed E-state index contributed by atoms with van der Waals surface area (Å²) in [5.74, 6) is 2.39. The van der Waals surface area contributed by atoms with Gasteiger partial charge in [0.05, 0.1) is 32.3 Å². The molecule has 9 aromatic rings. The normalized spacial score (nSPS) is 12.4. The van der Waals surface area contributed by atoms with E-state index in [2.05, 4.69) is 120 Å². The predicted molar refractivity (Wildman–Crippen MR) is 178 cm³/mol. The van der Waals surface area contributed by atoms with Crippen molar-refractivity contribution in [3.05, 3.63) is 127 Å². The Labute approximate surface area is 250 Å². The molecule has 0 atom stereocenters. The molecule has 200 valence electrons. The second-order valence-electron chi connectivity index (χ2n) is 11.0. The Balaban J connectivity index is 1.39. The molecule has 5 heteroatoms. The average Bonchev–Trinajstić information content (AvgIpc) is 3.61. The lowest BCUT2D eigenvalue weighted by Crippen LogP contribution is -2.02. The van der Waals surface area contributed by atoms with Crippen LogP contribution in [0.5, 0.6) is 11.5 Å². The van der Waals surface area contributed by atoms with E-state index in [1.807, 2.05) is 12.1 Å². The highest BCUT2D eigenvalue weighted by molar-refractivity contribution is 7.26. The Hall–Kier alpha value is -5.52. The number of ether oxygens (including phenoxy) is 1. The van der Waals surface area contributed by atoms with E-state index in [1.165, 1.54) is 10.1 Å². The van der Waals surface area contributed by atoms with Gasteiger partial charge in [-0.25, -0.2) is 9.97 Å². The summed E-state index contributed by atoms with van der Waals surface area (Å²) in [5, 5.41) is 5.72. The van der Waals surface area contributed by atoms with Gasteiger partial charge in [-0.1, -0.05) is 97.1 Å². The third-order valence-electron chi connectivity index (χ3n) is 8.58. The van der Waals surface area contributed by atoms with E-state index in [0.29, 0.717) is 5.95 Å². The molecule has 0 bridgehead atoms. The van der Waals surface area contributed by atoms with Gasteiger partial charge in [-0.3, -0.25) is 4.57 Å². The van der Waals surface area contributed by atoms with Gasteiger partial charge in [-0.15, -0.1) is 11.3 Å². The summed E-state index contributed by atoms with van der Waals surface area (Å²) >= 11 is 1.75. The fraction of sp³-hybridized carbons (Fsp3) is 0. The fourth-order valence-electron chi connectivity index (χ4n) is 6.70. The first-order valence-electron chi connectivity index (χ1n) is 14.3. The van der Waals surface area contributed by atoms with Crippen LogP contribution in [0, 0.1) is 0 Å². The van der Waals surface area contributed by atoms with Crippen molar-refractivity contribution in [2.75, 3.05) is 0 Å². The number of thiophene rings is 1. The molecule has 43 heavy (non-hydrogen) atoms. The Morgan fingerprint density at radius 2 is 1.35 bits per heavy atom. The van der Waals surface area contributed by atoms with Gasteiger partial charge in [-0.2, -0.15) is 0 Å². The van der Waals surface area contributed by atoms with Crippen molar-refractivity contribution in [3.8, 4) is 39.8 Å². The molecule has 0 aliphatic carbocycles. The van der Waals surface area contributed by atoms with Crippen molar-refractivity contribution in [2.45, 2.75) is 0 Å². The molecular formula is C38H21N3OS. The minimum absolute atomic E-state index is 0.657. The van der Waals surface area contributed by atoms with Crippen LogP contribution >= 0.6 is 11.3 Å². The predicted octanol–water partition coefficient (Wildman–Crippen LogP) is 10.5. The molecule has 0 radical (unpaired) electrons. The molecular weight excluding hydrogens is 547 g/mol. The van der Waals surface area contributed by atoms with Crippen LogP contribution in [0.1, 0.15) is 0 Å². The van der Waals surface area contributed by atoms with Crippen LogP contribution in [0.4, 0.5) is 0 Å². The topological polar surface area (TPSA) is 39.9 Å². The standard InChI is InChI=1S/C38H21N3OS/c1-3-10-22(11-4-1)25-20-28-33-30(21-25)42-29-16-9-14-23-18-19-27(34(33)32(23)29)41(28)38-39-35(24-12-5-2-6-13-24)37-36(40-38)26-15-7-8-17-31(26)43-37/h1-21H. The number of rotatable bonds is 3. The van der Waals surface area contributed by atoms with Crippen molar-refractivity contribution in [1.82, 2.24) is 14.5 Å². The number of aromatic nitrogens is 3. The summed E-state index contributed by atoms with van der Waals surface area (Å²) < 4.78 is 11.2. The molecule has 4 nitrogen and oxygen atoms in total. The summed E-state index contributed by atoms with van der Waals surface area (Å²) in [4.78, 5) is 10.7. The zero-order valence-electron chi connectivity index (χ0n) is 22.8. The lowest BCUT2D eigenvalue weighted by molar-refractivity contribution is 0.493. The van der Waals surface area contributed by atoms with Crippen molar-refractivity contribution in [1.29, 1.82) is 0 Å². The molecule has 4 heterocycles. The third-order valence-corrected chi connectivity index (χ3v) is 9.75. The van der Waals surface area contributed by atoms with Gasteiger partial charge in [0.15, 0.2) is 0 Å². The molecule has 0 unspecified atom stereocenters. The van der Waals surface area contributed by atoms with Gasteiger partial charge in [0.2, 0.25) is 5.95 Å². The highest BCUT2D eigenvalue weighted by Gasteiger charge is 2.27. The first-order valence-corrected chi connectivity index (χ1v) is 15.2. The van der Waals surface area contributed by atoms with Crippen molar-refractivity contribution >= 4 is 64.2 Å². The quantitative estimate of drug-likeness (QED) is 0.213. The first kappa shape index (κ1) is 23.1. The lowest BCUT2D eigenvalue weighted by Gasteiger charge is -2.17. The molecule has 10 rings (SSSR count). The Kier molecular flexibility index (Phi) is 4.57. The molecule has 0 amide bonds. The summed E-state index contributed by atoms with van der Waals surface area (Å²) in [5.41, 5.74) is 7.34. The van der Waals surface area contributed by atoms with Crippen molar-refractivity contribution < 1.29 is 4.74 Å². The van der Waals surface area contributed by atoms with Gasteiger partial charge in [0, 0.05) is 26.4 Å². The van der Waals surface area contributed by atoms with Gasteiger partial charge in [0.1, 0.15) is 11.5 Å². The second-order valence-corrected chi connectivity index (χ2v) is 12.1. The lowest BCUT2D eigenvalue weighted by atomic mass is 9.98. The molecule has 3 aromatic heterocycles. The van der Waals surface area contributed by atoms with E-state index in [0.717, 1.165) is 76.7 Å². The highest BCUT2D eigenvalue weighted by Crippen LogP contribution is 2.50. The van der Waals surface area contributed by atoms with Gasteiger partial charge in [-0.05, 0) is 46.8 Å². The largest absolute Gasteiger partial charge is 0.456 e. The Bertz CT molecular complexity index is 2580. The number of fused-ring (bicyclic) bond motifs is 3. The van der Waals surface area contributed by atoms with Gasteiger partial charge >= 0.3 is 0 Å². The maximum atomic E-state index is 6.65. The zero-order chi connectivity index (χ0) is 28.1. The van der Waals surface area contributed by atoms with E-state index in [9.17, 15) is 0 Å². The number of hydrogen-bond acceptors (Lipinski definition) is 4. The molecule has 0 N–H and O–H groups in total. The minimum Gasteiger partial charge on any atom is -0.456 e. The average molecular weight is 568 g/mol. The zero-order valence-corrected chi connectivity index (χ0v) is 23.6. The highest BCUT2D eigenvalue weighted by atomic mass is 32.1. The number of nitrogens with zero attached hydrogens (tertiary/aromatic N) is 3. The van der Waals surface area contributed by atoms with Crippen LogP contribution < -0.4 is 4.74 Å². The van der Waals surface area contributed by atoms with E-state index in [-0.39, 0.29) is 0 Å². The molecule has 0 spiro atoms. The summed E-state index contributed by atoms with van der Waals surface area (Å²) in [6.45, 7) is 0.